The van der Waals surface area contributed by atoms with Gasteiger partial charge < -0.3 is 19.5 Å². The van der Waals surface area contributed by atoms with Crippen molar-refractivity contribution in [1.29, 1.82) is 0 Å². The Balaban J connectivity index is 1.65. The van der Waals surface area contributed by atoms with Crippen LogP contribution in [0, 0.1) is 13.8 Å². The van der Waals surface area contributed by atoms with Gasteiger partial charge in [-0.2, -0.15) is 0 Å². The molecule has 0 spiro atoms. The van der Waals surface area contributed by atoms with E-state index in [1.807, 2.05) is 67.1 Å². The van der Waals surface area contributed by atoms with Crippen LogP contribution >= 0.6 is 23.8 Å². The number of benzene rings is 1. The van der Waals surface area contributed by atoms with Crippen molar-refractivity contribution >= 4 is 28.9 Å². The number of nitrogens with zero attached hydrogens (tertiary/aromatic N) is 4. The summed E-state index contributed by atoms with van der Waals surface area (Å²) in [6.45, 7) is 4.89. The number of ether oxygens (including phenoxy) is 1. The molecule has 2 unspecified atom stereocenters. The highest BCUT2D eigenvalue weighted by molar-refractivity contribution is 7.80. The van der Waals surface area contributed by atoms with Crippen molar-refractivity contribution in [3.8, 4) is 11.4 Å². The molecule has 0 amide bonds. The van der Waals surface area contributed by atoms with Crippen LogP contribution in [-0.2, 0) is 6.54 Å². The van der Waals surface area contributed by atoms with Crippen LogP contribution in [0.15, 0.2) is 73.2 Å². The van der Waals surface area contributed by atoms with Gasteiger partial charge in [0.05, 0.1) is 30.6 Å². The van der Waals surface area contributed by atoms with E-state index < -0.39 is 0 Å². The second-order valence-electron chi connectivity index (χ2n) is 8.59. The van der Waals surface area contributed by atoms with Gasteiger partial charge in [0.1, 0.15) is 5.75 Å². The summed E-state index contributed by atoms with van der Waals surface area (Å²) >= 11 is 12.2. The van der Waals surface area contributed by atoms with Gasteiger partial charge in [0.2, 0.25) is 0 Å². The molecule has 6 nitrogen and oxygen atoms in total. The zero-order valence-corrected chi connectivity index (χ0v) is 21.3. The van der Waals surface area contributed by atoms with Crippen LogP contribution in [0.1, 0.15) is 40.3 Å². The summed E-state index contributed by atoms with van der Waals surface area (Å²) in [4.78, 5) is 11.1. The Kier molecular flexibility index (Phi) is 6.45. The van der Waals surface area contributed by atoms with E-state index in [0.717, 1.165) is 34.1 Å². The standard InChI is InChI=1S/C27H26ClN5OS/c1-17-14-21(18(2)33(17)23-15-20(28)7-8-24(23)34-3)26-25(22-6-4-5-11-30-22)31-27(35)32(26)16-19-9-12-29-13-10-19/h4-15,25-26H,16H2,1-3H3,(H,31,35). The molecule has 1 aliphatic rings. The fourth-order valence-electron chi connectivity index (χ4n) is 4.89. The van der Waals surface area contributed by atoms with E-state index in [9.17, 15) is 0 Å². The maximum atomic E-state index is 6.38. The van der Waals surface area contributed by atoms with Crippen molar-refractivity contribution in [2.24, 2.45) is 0 Å². The van der Waals surface area contributed by atoms with E-state index in [1.54, 1.807) is 7.11 Å². The van der Waals surface area contributed by atoms with Crippen LogP contribution < -0.4 is 10.1 Å². The third-order valence-electron chi connectivity index (χ3n) is 6.47. The Morgan fingerprint density at radius 2 is 1.86 bits per heavy atom. The molecule has 1 aromatic carbocycles. The maximum Gasteiger partial charge on any atom is 0.170 e. The molecular weight excluding hydrogens is 478 g/mol. The summed E-state index contributed by atoms with van der Waals surface area (Å²) in [5, 5.41) is 4.90. The minimum absolute atomic E-state index is 0.0595. The fourth-order valence-corrected chi connectivity index (χ4v) is 5.37. The molecule has 0 saturated carbocycles. The Bertz CT molecular complexity index is 1360. The molecule has 1 N–H and O–H groups in total. The minimum Gasteiger partial charge on any atom is -0.495 e. The van der Waals surface area contributed by atoms with Gasteiger partial charge in [-0.05, 0) is 85.7 Å². The van der Waals surface area contributed by atoms with Crippen molar-refractivity contribution < 1.29 is 4.74 Å². The molecule has 4 heterocycles. The molecule has 35 heavy (non-hydrogen) atoms. The van der Waals surface area contributed by atoms with Gasteiger partial charge in [-0.1, -0.05) is 17.7 Å². The lowest BCUT2D eigenvalue weighted by Gasteiger charge is -2.28. The van der Waals surface area contributed by atoms with Gasteiger partial charge in [0.15, 0.2) is 5.11 Å². The maximum absolute atomic E-state index is 6.38. The molecule has 4 aromatic rings. The zero-order chi connectivity index (χ0) is 24.5. The van der Waals surface area contributed by atoms with Crippen molar-refractivity contribution in [2.45, 2.75) is 32.5 Å². The lowest BCUT2D eigenvalue weighted by atomic mass is 9.96. The van der Waals surface area contributed by atoms with Gasteiger partial charge in [0.25, 0.3) is 0 Å². The van der Waals surface area contributed by atoms with E-state index in [1.165, 1.54) is 5.56 Å². The Morgan fingerprint density at radius 1 is 1.06 bits per heavy atom. The van der Waals surface area contributed by atoms with E-state index in [-0.39, 0.29) is 12.1 Å². The van der Waals surface area contributed by atoms with Crippen LogP contribution in [0.4, 0.5) is 0 Å². The largest absolute Gasteiger partial charge is 0.495 e. The summed E-state index contributed by atoms with van der Waals surface area (Å²) in [5.74, 6) is 0.762. The summed E-state index contributed by atoms with van der Waals surface area (Å²) < 4.78 is 7.86. The molecule has 5 rings (SSSR count). The van der Waals surface area contributed by atoms with Crippen LogP contribution in [0.5, 0.6) is 5.75 Å². The number of rotatable bonds is 6. The van der Waals surface area contributed by atoms with Gasteiger partial charge in [-0.15, -0.1) is 0 Å². The van der Waals surface area contributed by atoms with E-state index >= 15 is 0 Å². The van der Waals surface area contributed by atoms with Crippen LogP contribution in [-0.4, -0.2) is 31.7 Å². The topological polar surface area (TPSA) is 55.2 Å². The first kappa shape index (κ1) is 23.3. The predicted octanol–water partition coefficient (Wildman–Crippen LogP) is 5.72. The minimum atomic E-state index is -0.0965. The molecule has 2 atom stereocenters. The number of hydrogen-bond acceptors (Lipinski definition) is 4. The molecule has 0 aliphatic carbocycles. The van der Waals surface area contributed by atoms with E-state index in [0.29, 0.717) is 16.7 Å². The number of nitrogens with one attached hydrogen (secondary N) is 1. The third-order valence-corrected chi connectivity index (χ3v) is 7.06. The van der Waals surface area contributed by atoms with Gasteiger partial charge in [-0.3, -0.25) is 9.97 Å². The van der Waals surface area contributed by atoms with Crippen molar-refractivity contribution in [3.63, 3.8) is 0 Å². The number of aromatic nitrogens is 3. The monoisotopic (exact) mass is 503 g/mol. The average Bonchev–Trinajstić information content (AvgIpc) is 3.35. The first-order valence-electron chi connectivity index (χ1n) is 11.4. The Hall–Kier alpha value is -3.42. The fraction of sp³-hybridized carbons (Fsp3) is 0.222. The normalized spacial score (nSPS) is 17.5. The zero-order valence-electron chi connectivity index (χ0n) is 19.8. The van der Waals surface area contributed by atoms with Crippen molar-refractivity contribution in [1.82, 2.24) is 24.8 Å². The Morgan fingerprint density at radius 3 is 2.57 bits per heavy atom. The predicted molar refractivity (Wildman–Crippen MR) is 142 cm³/mol. The third kappa shape index (κ3) is 4.37. The first-order chi connectivity index (χ1) is 17.0. The number of hydrogen-bond donors (Lipinski definition) is 1. The second-order valence-corrected chi connectivity index (χ2v) is 9.41. The van der Waals surface area contributed by atoms with Crippen molar-refractivity contribution in [3.05, 3.63) is 106 Å². The van der Waals surface area contributed by atoms with Crippen LogP contribution in [0.2, 0.25) is 5.02 Å². The summed E-state index contributed by atoms with van der Waals surface area (Å²) in [6, 6.07) is 17.8. The van der Waals surface area contributed by atoms with Crippen LogP contribution in [0.3, 0.4) is 0 Å². The number of methoxy groups -OCH3 is 1. The molecule has 1 fully saturated rings. The molecule has 0 radical (unpaired) electrons. The summed E-state index contributed by atoms with van der Waals surface area (Å²) in [7, 11) is 1.68. The van der Waals surface area contributed by atoms with Crippen LogP contribution in [0.25, 0.3) is 5.69 Å². The summed E-state index contributed by atoms with van der Waals surface area (Å²) in [6.07, 6.45) is 5.44. The SMILES string of the molecule is COc1ccc(Cl)cc1-n1c(C)cc(C2C(c3ccccn3)NC(=S)N2Cc2ccncc2)c1C. The molecular formula is C27H26ClN5OS. The van der Waals surface area contributed by atoms with Gasteiger partial charge in [0, 0.05) is 41.5 Å². The number of aryl methyl sites for hydroxylation is 1. The molecule has 0 bridgehead atoms. The molecule has 1 aliphatic heterocycles. The first-order valence-corrected chi connectivity index (χ1v) is 12.2. The van der Waals surface area contributed by atoms with Crippen molar-refractivity contribution in [2.75, 3.05) is 7.11 Å². The van der Waals surface area contributed by atoms with Gasteiger partial charge in [-0.25, -0.2) is 0 Å². The van der Waals surface area contributed by atoms with E-state index in [4.69, 9.17) is 28.6 Å². The quantitative estimate of drug-likeness (QED) is 0.340. The molecule has 8 heteroatoms. The van der Waals surface area contributed by atoms with Gasteiger partial charge >= 0.3 is 0 Å². The second kappa shape index (κ2) is 9.68. The summed E-state index contributed by atoms with van der Waals surface area (Å²) in [5.41, 5.74) is 6.34. The lowest BCUT2D eigenvalue weighted by molar-refractivity contribution is 0.310. The number of thiocarbonyl (C=S) groups is 1. The number of halogens is 1. The highest BCUT2D eigenvalue weighted by Crippen LogP contribution is 2.43. The molecule has 178 valence electrons. The number of pyridine rings is 2. The smallest absolute Gasteiger partial charge is 0.170 e. The van der Waals surface area contributed by atoms with E-state index in [2.05, 4.69) is 44.7 Å². The molecule has 3 aromatic heterocycles. The Labute approximate surface area is 215 Å². The highest BCUT2D eigenvalue weighted by Gasteiger charge is 2.41. The molecule has 1 saturated heterocycles. The highest BCUT2D eigenvalue weighted by atomic mass is 35.5. The lowest BCUT2D eigenvalue weighted by Crippen LogP contribution is -2.29. The average molecular weight is 504 g/mol.